The number of carbonyl (C=O) groups excluding carboxylic acids is 1. The summed E-state index contributed by atoms with van der Waals surface area (Å²) in [6, 6.07) is 25.5. The molecule has 5 aromatic rings. The Bertz CT molecular complexity index is 2050. The number of hydrogen-bond acceptors (Lipinski definition) is 4. The van der Waals surface area contributed by atoms with E-state index in [0.29, 0.717) is 38.7 Å². The lowest BCUT2D eigenvalue weighted by molar-refractivity contribution is -0.127. The molecule has 3 aromatic carbocycles. The second-order valence-electron chi connectivity index (χ2n) is 10.7. The fourth-order valence-corrected chi connectivity index (χ4v) is 7.13. The second-order valence-corrected chi connectivity index (χ2v) is 12.1. The van der Waals surface area contributed by atoms with Gasteiger partial charge in [-0.15, -0.1) is 0 Å². The smallest absolute Gasteiger partial charge is 0.271 e. The van der Waals surface area contributed by atoms with Crippen LogP contribution in [0, 0.1) is 6.92 Å². The number of rotatable bonds is 7. The summed E-state index contributed by atoms with van der Waals surface area (Å²) in [7, 11) is 0. The van der Waals surface area contributed by atoms with Crippen molar-refractivity contribution in [2.24, 2.45) is 4.99 Å². The topological polar surface area (TPSA) is 59.6 Å². The average Bonchev–Trinajstić information content (AvgIpc) is 3.46. The van der Waals surface area contributed by atoms with Crippen LogP contribution in [0.25, 0.3) is 17.0 Å². The summed E-state index contributed by atoms with van der Waals surface area (Å²) < 4.78 is 4.56. The Labute approximate surface area is 259 Å². The molecule has 0 unspecified atom stereocenters. The van der Waals surface area contributed by atoms with E-state index in [1.54, 1.807) is 21.6 Å². The van der Waals surface area contributed by atoms with Crippen LogP contribution in [0.4, 0.5) is 0 Å². The molecule has 1 atom stereocenters. The number of halogens is 1. The third-order valence-electron chi connectivity index (χ3n) is 8.23. The van der Waals surface area contributed by atoms with Gasteiger partial charge in [0.1, 0.15) is 0 Å². The number of fused-ring (bicyclic) bond motifs is 2. The van der Waals surface area contributed by atoms with E-state index < -0.39 is 6.04 Å². The molecule has 1 aliphatic rings. The van der Waals surface area contributed by atoms with Gasteiger partial charge in [0.25, 0.3) is 11.5 Å². The summed E-state index contributed by atoms with van der Waals surface area (Å²) in [6.07, 6.45) is 1.99. The monoisotopic (exact) mass is 608 g/mol. The van der Waals surface area contributed by atoms with E-state index in [2.05, 4.69) is 47.9 Å². The first-order valence-electron chi connectivity index (χ1n) is 14.5. The number of likely N-dealkylation sites (N-methyl/N-ethyl adjacent to an activating group) is 1. The molecule has 43 heavy (non-hydrogen) atoms. The predicted molar refractivity (Wildman–Crippen MR) is 175 cm³/mol. The maximum Gasteiger partial charge on any atom is 0.271 e. The number of carbonyl (C=O) groups is 1. The summed E-state index contributed by atoms with van der Waals surface area (Å²) in [6.45, 7) is 9.74. The van der Waals surface area contributed by atoms with Crippen LogP contribution >= 0.6 is 22.9 Å². The quantitative estimate of drug-likeness (QED) is 0.225. The summed E-state index contributed by atoms with van der Waals surface area (Å²) in [5.41, 5.74) is 6.21. The minimum absolute atomic E-state index is 0.111. The lowest BCUT2D eigenvalue weighted by Crippen LogP contribution is -2.43. The van der Waals surface area contributed by atoms with Crippen LogP contribution in [-0.2, 0) is 11.3 Å². The Hall–Kier alpha value is -4.20. The van der Waals surface area contributed by atoms with Crippen molar-refractivity contribution in [3.63, 3.8) is 0 Å². The van der Waals surface area contributed by atoms with Gasteiger partial charge in [-0.25, -0.2) is 4.99 Å². The first kappa shape index (κ1) is 28.9. The van der Waals surface area contributed by atoms with Crippen molar-refractivity contribution in [1.29, 1.82) is 0 Å². The molecular formula is C35H33ClN4O2S. The second kappa shape index (κ2) is 11.8. The maximum absolute atomic E-state index is 14.3. The molecule has 1 aliphatic heterocycles. The van der Waals surface area contributed by atoms with Crippen LogP contribution < -0.4 is 14.9 Å². The van der Waals surface area contributed by atoms with Gasteiger partial charge >= 0.3 is 0 Å². The molecule has 0 fully saturated rings. The number of allylic oxidation sites excluding steroid dienone is 1. The summed E-state index contributed by atoms with van der Waals surface area (Å²) >= 11 is 7.60. The molecule has 0 saturated heterocycles. The van der Waals surface area contributed by atoms with E-state index in [1.165, 1.54) is 16.9 Å². The Kier molecular flexibility index (Phi) is 7.95. The first-order chi connectivity index (χ1) is 20.8. The maximum atomic E-state index is 14.3. The lowest BCUT2D eigenvalue weighted by Gasteiger charge is -2.29. The van der Waals surface area contributed by atoms with E-state index in [9.17, 15) is 9.59 Å². The van der Waals surface area contributed by atoms with Crippen LogP contribution in [0.1, 0.15) is 49.2 Å². The highest BCUT2D eigenvalue weighted by Crippen LogP contribution is 2.32. The SMILES string of the molecule is CCN(CC)C(=O)C1=C(C)N=c2s/c(=C/c3c(C)n(Cc4ccccc4)c4ccccc34)c(=O)n2[C@@H]1c1ccc(Cl)cc1. The summed E-state index contributed by atoms with van der Waals surface area (Å²) in [5, 5.41) is 1.68. The van der Waals surface area contributed by atoms with E-state index in [0.717, 1.165) is 34.3 Å². The van der Waals surface area contributed by atoms with Gasteiger partial charge < -0.3 is 9.47 Å². The fourth-order valence-electron chi connectivity index (χ4n) is 5.98. The first-order valence-corrected chi connectivity index (χ1v) is 15.7. The molecule has 0 bridgehead atoms. The highest BCUT2D eigenvalue weighted by Gasteiger charge is 2.34. The molecular weight excluding hydrogens is 576 g/mol. The van der Waals surface area contributed by atoms with Gasteiger partial charge in [0.05, 0.1) is 21.8 Å². The molecule has 0 radical (unpaired) electrons. The van der Waals surface area contributed by atoms with Crippen molar-refractivity contribution in [2.75, 3.05) is 13.1 Å². The summed E-state index contributed by atoms with van der Waals surface area (Å²) in [5.74, 6) is -0.111. The molecule has 0 N–H and O–H groups in total. The number of amides is 1. The third kappa shape index (κ3) is 5.17. The van der Waals surface area contributed by atoms with E-state index >= 15 is 0 Å². The molecule has 0 saturated carbocycles. The largest absolute Gasteiger partial charge is 0.340 e. The number of aromatic nitrogens is 2. The molecule has 218 valence electrons. The Balaban J connectivity index is 1.55. The molecule has 1 amide bonds. The molecule has 6 rings (SSSR count). The predicted octanol–water partition coefficient (Wildman–Crippen LogP) is 6.07. The van der Waals surface area contributed by atoms with Gasteiger partial charge in [0.15, 0.2) is 4.80 Å². The van der Waals surface area contributed by atoms with Gasteiger partial charge in [0.2, 0.25) is 0 Å². The average molecular weight is 609 g/mol. The van der Waals surface area contributed by atoms with Crippen molar-refractivity contribution < 1.29 is 4.79 Å². The van der Waals surface area contributed by atoms with Gasteiger partial charge in [-0.1, -0.05) is 83.6 Å². The van der Waals surface area contributed by atoms with Crippen LogP contribution in [-0.4, -0.2) is 33.0 Å². The van der Waals surface area contributed by atoms with Crippen molar-refractivity contribution in [3.05, 3.63) is 137 Å². The third-order valence-corrected chi connectivity index (χ3v) is 9.46. The zero-order valence-corrected chi connectivity index (χ0v) is 26.2. The Morgan fingerprint density at radius 3 is 2.35 bits per heavy atom. The van der Waals surface area contributed by atoms with E-state index in [1.807, 2.05) is 57.2 Å². The van der Waals surface area contributed by atoms with Gasteiger partial charge in [-0.05, 0) is 63.1 Å². The zero-order chi connectivity index (χ0) is 30.2. The Morgan fingerprint density at radius 1 is 0.977 bits per heavy atom. The van der Waals surface area contributed by atoms with E-state index in [-0.39, 0.29) is 11.5 Å². The zero-order valence-electron chi connectivity index (χ0n) is 24.7. The highest BCUT2D eigenvalue weighted by atomic mass is 35.5. The number of thiazole rings is 1. The number of para-hydroxylation sites is 1. The molecule has 6 nitrogen and oxygen atoms in total. The molecule has 0 aliphatic carbocycles. The van der Waals surface area contributed by atoms with Gasteiger partial charge in [0, 0.05) is 46.8 Å². The standard InChI is InChI=1S/C35H33ClN4O2S/c1-5-38(6-2)34(42)31-22(3)37-35-40(32(31)25-16-18-26(36)19-17-25)33(41)30(43-35)20-28-23(4)39(21-24-12-8-7-9-13-24)29-15-11-10-14-27(28)29/h7-20,32H,5-6,21H2,1-4H3/b30-20+/t32-/m1/s1. The van der Waals surface area contributed by atoms with Crippen molar-refractivity contribution in [1.82, 2.24) is 14.0 Å². The minimum atomic E-state index is -0.607. The van der Waals surface area contributed by atoms with Crippen LogP contribution in [0.3, 0.4) is 0 Å². The molecule has 3 heterocycles. The molecule has 2 aromatic heterocycles. The van der Waals surface area contributed by atoms with Crippen LogP contribution in [0.5, 0.6) is 0 Å². The Morgan fingerprint density at radius 2 is 1.65 bits per heavy atom. The van der Waals surface area contributed by atoms with E-state index in [4.69, 9.17) is 16.6 Å². The fraction of sp³-hybridized carbons (Fsp3) is 0.229. The van der Waals surface area contributed by atoms with Gasteiger partial charge in [-0.3, -0.25) is 14.2 Å². The van der Waals surface area contributed by atoms with Gasteiger partial charge in [-0.2, -0.15) is 0 Å². The van der Waals surface area contributed by atoms with Crippen LogP contribution in [0.2, 0.25) is 5.02 Å². The number of hydrogen-bond donors (Lipinski definition) is 0. The number of nitrogens with zero attached hydrogens (tertiary/aromatic N) is 4. The highest BCUT2D eigenvalue weighted by molar-refractivity contribution is 7.07. The van der Waals surface area contributed by atoms with Crippen LogP contribution in [0.15, 0.2) is 99.9 Å². The minimum Gasteiger partial charge on any atom is -0.340 e. The van der Waals surface area contributed by atoms with Crippen molar-refractivity contribution >= 4 is 45.8 Å². The van der Waals surface area contributed by atoms with Crippen molar-refractivity contribution in [3.8, 4) is 0 Å². The molecule has 0 spiro atoms. The lowest BCUT2D eigenvalue weighted by atomic mass is 9.94. The molecule has 8 heteroatoms. The number of benzene rings is 3. The summed E-state index contributed by atoms with van der Waals surface area (Å²) in [4.78, 5) is 35.3. The van der Waals surface area contributed by atoms with Crippen molar-refractivity contribution in [2.45, 2.75) is 40.3 Å². The normalized spacial score (nSPS) is 15.1.